The van der Waals surface area contributed by atoms with Crippen LogP contribution in [0.5, 0.6) is 0 Å². The molecule has 1 rings (SSSR count). The van der Waals surface area contributed by atoms with E-state index in [-0.39, 0.29) is 12.0 Å². The minimum atomic E-state index is -0.920. The first-order valence-corrected chi connectivity index (χ1v) is 4.90. The quantitative estimate of drug-likeness (QED) is 0.808. The van der Waals surface area contributed by atoms with E-state index in [0.29, 0.717) is 18.0 Å². The van der Waals surface area contributed by atoms with Gasteiger partial charge in [0.25, 0.3) is 5.56 Å². The second-order valence-electron chi connectivity index (χ2n) is 3.99. The summed E-state index contributed by atoms with van der Waals surface area (Å²) in [5.41, 5.74) is 0.412. The topological polar surface area (TPSA) is 59.3 Å². The zero-order valence-electron chi connectivity index (χ0n) is 8.93. The highest BCUT2D eigenvalue weighted by atomic mass is 16.4. The fourth-order valence-electron chi connectivity index (χ4n) is 1.38. The van der Waals surface area contributed by atoms with Crippen molar-refractivity contribution in [1.82, 2.24) is 4.57 Å². The van der Waals surface area contributed by atoms with Crippen molar-refractivity contribution in [2.45, 2.75) is 26.8 Å². The van der Waals surface area contributed by atoms with E-state index in [9.17, 15) is 9.59 Å². The van der Waals surface area contributed by atoms with Crippen LogP contribution in [0, 0.1) is 5.92 Å². The molecule has 0 aliphatic rings. The summed E-state index contributed by atoms with van der Waals surface area (Å²) in [6.07, 6.45) is 1.55. The van der Waals surface area contributed by atoms with Crippen LogP contribution in [-0.2, 0) is 17.8 Å². The zero-order valence-corrected chi connectivity index (χ0v) is 8.93. The molecule has 4 nitrogen and oxygen atoms in total. The average Bonchev–Trinajstić information content (AvgIpc) is 2.08. The highest BCUT2D eigenvalue weighted by molar-refractivity contribution is 5.69. The van der Waals surface area contributed by atoms with Crippen LogP contribution in [-0.4, -0.2) is 15.6 Å². The Morgan fingerprint density at radius 1 is 1.53 bits per heavy atom. The lowest BCUT2D eigenvalue weighted by Crippen LogP contribution is -2.22. The number of rotatable bonds is 4. The number of aliphatic carboxylic acids is 1. The van der Waals surface area contributed by atoms with Crippen molar-refractivity contribution >= 4 is 5.97 Å². The van der Waals surface area contributed by atoms with E-state index in [0.717, 1.165) is 0 Å². The Hall–Kier alpha value is -1.58. The standard InChI is InChI=1S/C11H15NO3/c1-8(2)7-12-4-3-9(5-10(12)13)6-11(14)15/h3-5,8H,6-7H2,1-2H3,(H,14,15). The fourth-order valence-corrected chi connectivity index (χ4v) is 1.38. The zero-order chi connectivity index (χ0) is 11.4. The van der Waals surface area contributed by atoms with Gasteiger partial charge < -0.3 is 9.67 Å². The number of carboxylic acids is 1. The number of aromatic nitrogens is 1. The first-order chi connectivity index (χ1) is 6.99. The van der Waals surface area contributed by atoms with Crippen molar-refractivity contribution in [3.05, 3.63) is 34.2 Å². The number of pyridine rings is 1. The van der Waals surface area contributed by atoms with Crippen LogP contribution in [0.25, 0.3) is 0 Å². The molecule has 1 aromatic heterocycles. The highest BCUT2D eigenvalue weighted by Gasteiger charge is 2.03. The molecular formula is C11H15NO3. The molecule has 0 aliphatic carbocycles. The number of hydrogen-bond donors (Lipinski definition) is 1. The summed E-state index contributed by atoms with van der Waals surface area (Å²) in [5.74, 6) is -0.524. The Balaban J connectivity index is 2.88. The smallest absolute Gasteiger partial charge is 0.307 e. The van der Waals surface area contributed by atoms with Gasteiger partial charge in [-0.05, 0) is 17.5 Å². The second-order valence-corrected chi connectivity index (χ2v) is 3.99. The van der Waals surface area contributed by atoms with Gasteiger partial charge in [-0.1, -0.05) is 13.8 Å². The lowest BCUT2D eigenvalue weighted by atomic mass is 10.2. The largest absolute Gasteiger partial charge is 0.481 e. The van der Waals surface area contributed by atoms with Crippen LogP contribution in [0.2, 0.25) is 0 Å². The van der Waals surface area contributed by atoms with Crippen LogP contribution in [0.4, 0.5) is 0 Å². The molecule has 0 bridgehead atoms. The van der Waals surface area contributed by atoms with Crippen LogP contribution < -0.4 is 5.56 Å². The number of carbonyl (C=O) groups is 1. The monoisotopic (exact) mass is 209 g/mol. The Morgan fingerprint density at radius 2 is 2.20 bits per heavy atom. The van der Waals surface area contributed by atoms with Crippen LogP contribution >= 0.6 is 0 Å². The third-order valence-electron chi connectivity index (χ3n) is 1.98. The van der Waals surface area contributed by atoms with Crippen molar-refractivity contribution in [1.29, 1.82) is 0 Å². The van der Waals surface area contributed by atoms with Gasteiger partial charge >= 0.3 is 5.97 Å². The summed E-state index contributed by atoms with van der Waals surface area (Å²) in [6.45, 7) is 4.71. The van der Waals surface area contributed by atoms with Gasteiger partial charge in [-0.2, -0.15) is 0 Å². The van der Waals surface area contributed by atoms with E-state index in [4.69, 9.17) is 5.11 Å². The fraction of sp³-hybridized carbons (Fsp3) is 0.455. The molecule has 0 unspecified atom stereocenters. The van der Waals surface area contributed by atoms with E-state index in [1.54, 1.807) is 16.8 Å². The van der Waals surface area contributed by atoms with Crippen molar-refractivity contribution in [3.8, 4) is 0 Å². The van der Waals surface area contributed by atoms with Gasteiger partial charge in [0, 0.05) is 18.8 Å². The lowest BCUT2D eigenvalue weighted by molar-refractivity contribution is -0.136. The van der Waals surface area contributed by atoms with Gasteiger partial charge in [0.2, 0.25) is 0 Å². The molecule has 15 heavy (non-hydrogen) atoms. The summed E-state index contributed by atoms with van der Waals surface area (Å²) in [4.78, 5) is 22.0. The minimum absolute atomic E-state index is 0.0994. The van der Waals surface area contributed by atoms with Gasteiger partial charge in [0.05, 0.1) is 6.42 Å². The molecule has 0 aromatic carbocycles. The number of nitrogens with zero attached hydrogens (tertiary/aromatic N) is 1. The second kappa shape index (κ2) is 4.77. The predicted molar refractivity (Wildman–Crippen MR) is 56.9 cm³/mol. The maximum Gasteiger partial charge on any atom is 0.307 e. The normalized spacial score (nSPS) is 10.6. The molecule has 4 heteroatoms. The van der Waals surface area contributed by atoms with Crippen molar-refractivity contribution < 1.29 is 9.90 Å². The van der Waals surface area contributed by atoms with Gasteiger partial charge in [-0.15, -0.1) is 0 Å². The number of carboxylic acid groups (broad SMARTS) is 1. The molecule has 0 amide bonds. The molecule has 0 saturated heterocycles. The van der Waals surface area contributed by atoms with E-state index in [2.05, 4.69) is 0 Å². The molecule has 1 aromatic rings. The van der Waals surface area contributed by atoms with Gasteiger partial charge in [0.1, 0.15) is 0 Å². The Labute approximate surface area is 88.2 Å². The summed E-state index contributed by atoms with van der Waals surface area (Å²) in [7, 11) is 0. The van der Waals surface area contributed by atoms with E-state index < -0.39 is 5.97 Å². The molecule has 0 atom stereocenters. The molecule has 0 spiro atoms. The van der Waals surface area contributed by atoms with E-state index in [1.807, 2.05) is 13.8 Å². The SMILES string of the molecule is CC(C)Cn1ccc(CC(=O)O)cc1=O. The highest BCUT2D eigenvalue weighted by Crippen LogP contribution is 1.99. The average molecular weight is 209 g/mol. The Kier molecular flexibility index (Phi) is 3.66. The molecule has 0 radical (unpaired) electrons. The Bertz CT molecular complexity index is 407. The van der Waals surface area contributed by atoms with E-state index >= 15 is 0 Å². The first-order valence-electron chi connectivity index (χ1n) is 4.90. The summed E-state index contributed by atoms with van der Waals surface area (Å²) >= 11 is 0. The summed E-state index contributed by atoms with van der Waals surface area (Å²) < 4.78 is 1.59. The van der Waals surface area contributed by atoms with Crippen LogP contribution in [0.15, 0.2) is 23.1 Å². The molecular weight excluding hydrogens is 194 g/mol. The first kappa shape index (κ1) is 11.5. The van der Waals surface area contributed by atoms with E-state index in [1.165, 1.54) is 6.07 Å². The van der Waals surface area contributed by atoms with Gasteiger partial charge in [-0.3, -0.25) is 9.59 Å². The molecule has 0 aliphatic heterocycles. The molecule has 0 fully saturated rings. The van der Waals surface area contributed by atoms with Gasteiger partial charge in [-0.25, -0.2) is 0 Å². The Morgan fingerprint density at radius 3 is 2.67 bits per heavy atom. The molecule has 1 heterocycles. The minimum Gasteiger partial charge on any atom is -0.481 e. The maximum atomic E-state index is 11.5. The van der Waals surface area contributed by atoms with Crippen molar-refractivity contribution in [2.75, 3.05) is 0 Å². The number of hydrogen-bond acceptors (Lipinski definition) is 2. The third-order valence-corrected chi connectivity index (χ3v) is 1.98. The predicted octanol–water partition coefficient (Wildman–Crippen LogP) is 1.13. The van der Waals surface area contributed by atoms with Crippen molar-refractivity contribution in [2.24, 2.45) is 5.92 Å². The van der Waals surface area contributed by atoms with Crippen molar-refractivity contribution in [3.63, 3.8) is 0 Å². The lowest BCUT2D eigenvalue weighted by Gasteiger charge is -2.08. The molecule has 0 saturated carbocycles. The molecule has 82 valence electrons. The third kappa shape index (κ3) is 3.58. The van der Waals surface area contributed by atoms with Crippen LogP contribution in [0.3, 0.4) is 0 Å². The maximum absolute atomic E-state index is 11.5. The summed E-state index contributed by atoms with van der Waals surface area (Å²) in [5, 5.41) is 8.56. The summed E-state index contributed by atoms with van der Waals surface area (Å²) in [6, 6.07) is 3.06. The molecule has 1 N–H and O–H groups in total. The van der Waals surface area contributed by atoms with Crippen LogP contribution in [0.1, 0.15) is 19.4 Å². The van der Waals surface area contributed by atoms with Gasteiger partial charge in [0.15, 0.2) is 0 Å².